The molecule has 0 aliphatic rings. The van der Waals surface area contributed by atoms with Gasteiger partial charge in [-0.3, -0.25) is 4.98 Å². The van der Waals surface area contributed by atoms with Gasteiger partial charge in [-0.15, -0.1) is 0 Å². The summed E-state index contributed by atoms with van der Waals surface area (Å²) in [5, 5.41) is 3.29. The van der Waals surface area contributed by atoms with Crippen molar-refractivity contribution in [1.82, 2.24) is 4.98 Å². The predicted molar refractivity (Wildman–Crippen MR) is 88.0 cm³/mol. The predicted octanol–water partition coefficient (Wildman–Crippen LogP) is 4.52. The average Bonchev–Trinajstić information content (AvgIpc) is 2.47. The number of pyridine rings is 1. The van der Waals surface area contributed by atoms with E-state index in [1.807, 2.05) is 18.3 Å². The molecule has 0 saturated heterocycles. The largest absolute Gasteiger partial charge is 0.487 e. The molecule has 0 bridgehead atoms. The van der Waals surface area contributed by atoms with Gasteiger partial charge in [-0.2, -0.15) is 0 Å². The van der Waals surface area contributed by atoms with Crippen molar-refractivity contribution in [3.8, 4) is 5.75 Å². The van der Waals surface area contributed by atoms with Crippen LogP contribution in [0, 0.1) is 6.92 Å². The van der Waals surface area contributed by atoms with E-state index in [2.05, 4.69) is 56.2 Å². The number of aromatic nitrogens is 1. The third kappa shape index (κ3) is 4.22. The highest BCUT2D eigenvalue weighted by Crippen LogP contribution is 2.25. The number of hydrogen-bond acceptors (Lipinski definition) is 3. The van der Waals surface area contributed by atoms with E-state index in [0.29, 0.717) is 12.5 Å². The SMILES string of the molecule is CCNc1ccnc(COc2cc(C(C)C)ccc2C)c1. The maximum atomic E-state index is 5.96. The minimum absolute atomic E-state index is 0.488. The lowest BCUT2D eigenvalue weighted by atomic mass is 10.0. The van der Waals surface area contributed by atoms with Crippen molar-refractivity contribution in [1.29, 1.82) is 0 Å². The summed E-state index contributed by atoms with van der Waals surface area (Å²) in [6.07, 6.45) is 1.81. The fraction of sp³-hybridized carbons (Fsp3) is 0.389. The van der Waals surface area contributed by atoms with Gasteiger partial charge in [-0.25, -0.2) is 0 Å². The molecule has 0 fully saturated rings. The average molecular weight is 284 g/mol. The second-order valence-electron chi connectivity index (χ2n) is 5.53. The second kappa shape index (κ2) is 7.11. The van der Waals surface area contributed by atoms with Gasteiger partial charge in [0, 0.05) is 18.4 Å². The van der Waals surface area contributed by atoms with Crippen LogP contribution in [0.3, 0.4) is 0 Å². The number of rotatable bonds is 6. The quantitative estimate of drug-likeness (QED) is 0.846. The van der Waals surface area contributed by atoms with Crippen molar-refractivity contribution in [2.75, 3.05) is 11.9 Å². The van der Waals surface area contributed by atoms with Crippen molar-refractivity contribution in [3.63, 3.8) is 0 Å². The van der Waals surface area contributed by atoms with E-state index in [1.165, 1.54) is 5.56 Å². The Kier molecular flexibility index (Phi) is 5.20. The van der Waals surface area contributed by atoms with Gasteiger partial charge in [-0.05, 0) is 49.1 Å². The summed E-state index contributed by atoms with van der Waals surface area (Å²) < 4.78 is 5.96. The van der Waals surface area contributed by atoms with E-state index in [-0.39, 0.29) is 0 Å². The van der Waals surface area contributed by atoms with E-state index in [0.717, 1.165) is 29.2 Å². The molecule has 1 N–H and O–H groups in total. The normalized spacial score (nSPS) is 10.7. The van der Waals surface area contributed by atoms with Crippen molar-refractivity contribution >= 4 is 5.69 Å². The first-order valence-corrected chi connectivity index (χ1v) is 7.52. The van der Waals surface area contributed by atoms with Gasteiger partial charge in [-0.1, -0.05) is 26.0 Å². The number of hydrogen-bond donors (Lipinski definition) is 1. The molecule has 0 aliphatic carbocycles. The molecule has 0 unspecified atom stereocenters. The van der Waals surface area contributed by atoms with Crippen LogP contribution in [0.4, 0.5) is 5.69 Å². The molecule has 3 nitrogen and oxygen atoms in total. The van der Waals surface area contributed by atoms with E-state index >= 15 is 0 Å². The zero-order valence-corrected chi connectivity index (χ0v) is 13.3. The highest BCUT2D eigenvalue weighted by Gasteiger charge is 2.06. The van der Waals surface area contributed by atoms with E-state index in [4.69, 9.17) is 4.74 Å². The molecular formula is C18H24N2O. The first-order valence-electron chi connectivity index (χ1n) is 7.52. The lowest BCUT2D eigenvalue weighted by Crippen LogP contribution is -2.02. The lowest BCUT2D eigenvalue weighted by Gasteiger charge is -2.13. The van der Waals surface area contributed by atoms with Crippen LogP contribution < -0.4 is 10.1 Å². The number of ether oxygens (including phenoxy) is 1. The van der Waals surface area contributed by atoms with Crippen LogP contribution in [0.25, 0.3) is 0 Å². The summed E-state index contributed by atoms with van der Waals surface area (Å²) in [5.41, 5.74) is 4.47. The van der Waals surface area contributed by atoms with Crippen LogP contribution >= 0.6 is 0 Å². The van der Waals surface area contributed by atoms with Gasteiger partial charge < -0.3 is 10.1 Å². The van der Waals surface area contributed by atoms with Crippen molar-refractivity contribution < 1.29 is 4.74 Å². The molecule has 112 valence electrons. The minimum Gasteiger partial charge on any atom is -0.487 e. The number of aryl methyl sites for hydroxylation is 1. The van der Waals surface area contributed by atoms with Gasteiger partial charge in [0.05, 0.1) is 5.69 Å². The van der Waals surface area contributed by atoms with Crippen LogP contribution in [0.15, 0.2) is 36.5 Å². The third-order valence-electron chi connectivity index (χ3n) is 3.45. The Morgan fingerprint density at radius 2 is 2.00 bits per heavy atom. The zero-order chi connectivity index (χ0) is 15.2. The molecule has 0 spiro atoms. The molecule has 1 heterocycles. The monoisotopic (exact) mass is 284 g/mol. The smallest absolute Gasteiger partial charge is 0.130 e. The third-order valence-corrected chi connectivity index (χ3v) is 3.45. The number of nitrogens with zero attached hydrogens (tertiary/aromatic N) is 1. The van der Waals surface area contributed by atoms with Crippen LogP contribution in [0.5, 0.6) is 5.75 Å². The van der Waals surface area contributed by atoms with E-state index in [9.17, 15) is 0 Å². The fourth-order valence-corrected chi connectivity index (χ4v) is 2.15. The van der Waals surface area contributed by atoms with Crippen LogP contribution in [-0.2, 0) is 6.61 Å². The summed E-state index contributed by atoms with van der Waals surface area (Å²) in [6.45, 7) is 9.92. The van der Waals surface area contributed by atoms with Gasteiger partial charge in [0.25, 0.3) is 0 Å². The molecule has 2 rings (SSSR count). The minimum atomic E-state index is 0.488. The topological polar surface area (TPSA) is 34.2 Å². The maximum Gasteiger partial charge on any atom is 0.130 e. The Labute approximate surface area is 127 Å². The lowest BCUT2D eigenvalue weighted by molar-refractivity contribution is 0.299. The molecule has 21 heavy (non-hydrogen) atoms. The highest BCUT2D eigenvalue weighted by molar-refractivity contribution is 5.43. The molecule has 0 saturated carbocycles. The maximum absolute atomic E-state index is 5.96. The van der Waals surface area contributed by atoms with E-state index < -0.39 is 0 Å². The van der Waals surface area contributed by atoms with Gasteiger partial charge in [0.2, 0.25) is 0 Å². The molecule has 0 radical (unpaired) electrons. The van der Waals surface area contributed by atoms with E-state index in [1.54, 1.807) is 0 Å². The Bertz CT molecular complexity index is 594. The Balaban J connectivity index is 2.09. The summed E-state index contributed by atoms with van der Waals surface area (Å²) in [6, 6.07) is 10.4. The van der Waals surface area contributed by atoms with Crippen LogP contribution in [0.1, 0.15) is 43.5 Å². The van der Waals surface area contributed by atoms with Gasteiger partial charge in [0.1, 0.15) is 12.4 Å². The summed E-state index contributed by atoms with van der Waals surface area (Å²) in [7, 11) is 0. The van der Waals surface area contributed by atoms with Crippen molar-refractivity contribution in [3.05, 3.63) is 53.3 Å². The Hall–Kier alpha value is -2.03. The summed E-state index contributed by atoms with van der Waals surface area (Å²) >= 11 is 0. The molecule has 0 aliphatic heterocycles. The first kappa shape index (κ1) is 15.4. The fourth-order valence-electron chi connectivity index (χ4n) is 2.15. The molecule has 3 heteroatoms. The standard InChI is InChI=1S/C18H24N2O/c1-5-19-16-8-9-20-17(11-16)12-21-18-10-15(13(2)3)7-6-14(18)4/h6-11,13H,5,12H2,1-4H3,(H,19,20). The molecular weight excluding hydrogens is 260 g/mol. The second-order valence-corrected chi connectivity index (χ2v) is 5.53. The summed E-state index contributed by atoms with van der Waals surface area (Å²) in [4.78, 5) is 4.36. The van der Waals surface area contributed by atoms with Crippen LogP contribution in [0.2, 0.25) is 0 Å². The molecule has 0 atom stereocenters. The van der Waals surface area contributed by atoms with Crippen molar-refractivity contribution in [2.45, 2.75) is 40.2 Å². The highest BCUT2D eigenvalue weighted by atomic mass is 16.5. The summed E-state index contributed by atoms with van der Waals surface area (Å²) in [5.74, 6) is 1.44. The van der Waals surface area contributed by atoms with Gasteiger partial charge >= 0.3 is 0 Å². The number of nitrogens with one attached hydrogen (secondary N) is 1. The Morgan fingerprint density at radius 1 is 1.19 bits per heavy atom. The molecule has 0 amide bonds. The molecule has 2 aromatic rings. The zero-order valence-electron chi connectivity index (χ0n) is 13.3. The number of benzene rings is 1. The first-order chi connectivity index (χ1) is 10.1. The Morgan fingerprint density at radius 3 is 2.71 bits per heavy atom. The molecule has 1 aromatic carbocycles. The van der Waals surface area contributed by atoms with Crippen LogP contribution in [-0.4, -0.2) is 11.5 Å². The molecule has 1 aromatic heterocycles. The number of anilines is 1. The van der Waals surface area contributed by atoms with Gasteiger partial charge in [0.15, 0.2) is 0 Å². The van der Waals surface area contributed by atoms with Crippen molar-refractivity contribution in [2.24, 2.45) is 0 Å².